The number of hydrogen-bond donors (Lipinski definition) is 2. The van der Waals surface area contributed by atoms with Crippen molar-refractivity contribution in [3.05, 3.63) is 28.1 Å². The summed E-state index contributed by atoms with van der Waals surface area (Å²) in [6, 6.07) is 1.46. The van der Waals surface area contributed by atoms with E-state index in [1.807, 2.05) is 25.7 Å². The van der Waals surface area contributed by atoms with E-state index < -0.39 is 0 Å². The van der Waals surface area contributed by atoms with E-state index in [0.717, 1.165) is 17.9 Å². The van der Waals surface area contributed by atoms with E-state index in [1.165, 1.54) is 12.3 Å². The molecule has 0 aliphatic carbocycles. The second kappa shape index (κ2) is 10.7. The maximum atomic E-state index is 12.1. The minimum absolute atomic E-state index is 0.173. The molecule has 0 bridgehead atoms. The van der Waals surface area contributed by atoms with Gasteiger partial charge in [0, 0.05) is 35.9 Å². The van der Waals surface area contributed by atoms with Crippen LogP contribution in [0.1, 0.15) is 19.4 Å². The molecule has 7 heteroatoms. The minimum atomic E-state index is -0.175. The fourth-order valence-corrected chi connectivity index (χ4v) is 2.92. The Labute approximate surface area is 146 Å². The molecule has 5 nitrogen and oxygen atoms in total. The number of thiol groups is 1. The van der Waals surface area contributed by atoms with Gasteiger partial charge in [-0.25, -0.2) is 0 Å². The molecule has 0 amide bonds. The van der Waals surface area contributed by atoms with Crippen LogP contribution in [0.4, 0.5) is 5.88 Å². The molecule has 2 rings (SSSR count). The molecule has 2 aromatic rings. The Bertz CT molecular complexity index is 639. The van der Waals surface area contributed by atoms with E-state index >= 15 is 0 Å². The predicted octanol–water partition coefficient (Wildman–Crippen LogP) is 3.18. The van der Waals surface area contributed by atoms with Crippen molar-refractivity contribution in [3.8, 4) is 0 Å². The van der Waals surface area contributed by atoms with Gasteiger partial charge < -0.3 is 18.8 Å². The second-order valence-corrected chi connectivity index (χ2v) is 6.24. The Morgan fingerprint density at radius 1 is 1.26 bits per heavy atom. The zero-order chi connectivity index (χ0) is 17.2. The van der Waals surface area contributed by atoms with E-state index in [4.69, 9.17) is 13.9 Å². The van der Waals surface area contributed by atoms with Gasteiger partial charge in [-0.1, -0.05) is 13.8 Å². The monoisotopic (exact) mass is 359 g/mol. The highest BCUT2D eigenvalue weighted by molar-refractivity contribution is 7.99. The van der Waals surface area contributed by atoms with Gasteiger partial charge in [-0.15, -0.1) is 0 Å². The van der Waals surface area contributed by atoms with Gasteiger partial charge in [-0.2, -0.15) is 24.4 Å². The van der Waals surface area contributed by atoms with Crippen molar-refractivity contribution in [1.82, 2.24) is 0 Å². The quantitative estimate of drug-likeness (QED) is 0.557. The standard InChI is InChI=1S/C14H19NO4S2.C2H6/c1-10-9-18-14-11(17)8-12(19-13(10)14)15(2-5-20)3-6-21-7-4-16;1-2/h8-9,16,20H,2-7H2,1H3;1-2H3. The highest BCUT2D eigenvalue weighted by Crippen LogP contribution is 2.23. The first kappa shape index (κ1) is 20.0. The van der Waals surface area contributed by atoms with Gasteiger partial charge in [0.15, 0.2) is 11.5 Å². The fourth-order valence-electron chi connectivity index (χ4n) is 1.99. The third-order valence-corrected chi connectivity index (χ3v) is 4.17. The van der Waals surface area contributed by atoms with Crippen LogP contribution in [-0.2, 0) is 0 Å². The van der Waals surface area contributed by atoms with Crippen LogP contribution in [0.15, 0.2) is 26.0 Å². The van der Waals surface area contributed by atoms with Crippen molar-refractivity contribution < 1.29 is 13.9 Å². The molecule has 0 spiro atoms. The minimum Gasteiger partial charge on any atom is -0.456 e. The summed E-state index contributed by atoms with van der Waals surface area (Å²) in [7, 11) is 0. The fraction of sp³-hybridized carbons (Fsp3) is 0.562. The maximum Gasteiger partial charge on any atom is 0.230 e. The van der Waals surface area contributed by atoms with Crippen LogP contribution >= 0.6 is 24.4 Å². The summed E-state index contributed by atoms with van der Waals surface area (Å²) in [5, 5.41) is 8.80. The molecular weight excluding hydrogens is 334 g/mol. The first-order chi connectivity index (χ1) is 11.2. The molecule has 0 aromatic carbocycles. The Morgan fingerprint density at radius 3 is 2.65 bits per heavy atom. The van der Waals surface area contributed by atoms with Gasteiger partial charge in [0.2, 0.25) is 11.0 Å². The lowest BCUT2D eigenvalue weighted by molar-refractivity contribution is 0.322. The van der Waals surface area contributed by atoms with Gasteiger partial charge in [-0.05, 0) is 6.92 Å². The third kappa shape index (κ3) is 5.51. The number of thioether (sulfide) groups is 1. The van der Waals surface area contributed by atoms with Crippen LogP contribution < -0.4 is 10.3 Å². The summed E-state index contributed by atoms with van der Waals surface area (Å²) >= 11 is 5.91. The molecule has 0 unspecified atom stereocenters. The number of nitrogens with zero attached hydrogens (tertiary/aromatic N) is 1. The zero-order valence-corrected chi connectivity index (χ0v) is 15.6. The number of aliphatic hydroxyl groups excluding tert-OH is 1. The summed E-state index contributed by atoms with van der Waals surface area (Å²) < 4.78 is 11.0. The van der Waals surface area contributed by atoms with Crippen LogP contribution in [-0.4, -0.2) is 42.1 Å². The summed E-state index contributed by atoms with van der Waals surface area (Å²) in [5.41, 5.74) is 1.40. The molecule has 130 valence electrons. The Morgan fingerprint density at radius 2 is 2.00 bits per heavy atom. The number of anilines is 1. The lowest BCUT2D eigenvalue weighted by Crippen LogP contribution is -2.29. The highest BCUT2D eigenvalue weighted by Gasteiger charge is 2.15. The molecule has 0 saturated carbocycles. The van der Waals surface area contributed by atoms with Crippen LogP contribution in [0.3, 0.4) is 0 Å². The Hall–Kier alpha value is -1.05. The zero-order valence-electron chi connectivity index (χ0n) is 13.9. The van der Waals surface area contributed by atoms with Crippen LogP contribution in [0, 0.1) is 6.92 Å². The van der Waals surface area contributed by atoms with Crippen molar-refractivity contribution >= 4 is 41.4 Å². The molecule has 1 N–H and O–H groups in total. The van der Waals surface area contributed by atoms with Crippen molar-refractivity contribution in [2.75, 3.05) is 41.9 Å². The molecule has 2 heterocycles. The summed E-state index contributed by atoms with van der Waals surface area (Å²) in [6.07, 6.45) is 1.53. The van der Waals surface area contributed by atoms with Gasteiger partial charge in [-0.3, -0.25) is 4.79 Å². The van der Waals surface area contributed by atoms with Crippen LogP contribution in [0.5, 0.6) is 0 Å². The number of furan rings is 1. The average molecular weight is 360 g/mol. The second-order valence-electron chi connectivity index (χ2n) is 4.57. The SMILES string of the molecule is CC.Cc1coc2c(=O)cc(N(CCS)CCSCCO)oc12. The van der Waals surface area contributed by atoms with Crippen molar-refractivity contribution in [3.63, 3.8) is 0 Å². The first-order valence-corrected chi connectivity index (χ1v) is 9.52. The summed E-state index contributed by atoms with van der Waals surface area (Å²) in [5.74, 6) is 2.76. The lowest BCUT2D eigenvalue weighted by atomic mass is 10.3. The lowest BCUT2D eigenvalue weighted by Gasteiger charge is -2.21. The van der Waals surface area contributed by atoms with E-state index in [-0.39, 0.29) is 17.6 Å². The summed E-state index contributed by atoms with van der Waals surface area (Å²) in [6.45, 7) is 7.44. The molecule has 0 aliphatic rings. The highest BCUT2D eigenvalue weighted by atomic mass is 32.2. The van der Waals surface area contributed by atoms with Crippen molar-refractivity contribution in [2.24, 2.45) is 0 Å². The Balaban J connectivity index is 0.00000127. The predicted molar refractivity (Wildman–Crippen MR) is 101 cm³/mol. The number of aliphatic hydroxyl groups is 1. The van der Waals surface area contributed by atoms with Gasteiger partial charge in [0.05, 0.1) is 18.9 Å². The van der Waals surface area contributed by atoms with Gasteiger partial charge >= 0.3 is 0 Å². The molecule has 0 saturated heterocycles. The van der Waals surface area contributed by atoms with E-state index in [2.05, 4.69) is 12.6 Å². The largest absolute Gasteiger partial charge is 0.456 e. The van der Waals surface area contributed by atoms with E-state index in [1.54, 1.807) is 11.8 Å². The smallest absolute Gasteiger partial charge is 0.230 e. The van der Waals surface area contributed by atoms with Crippen LogP contribution in [0.25, 0.3) is 11.2 Å². The first-order valence-electron chi connectivity index (χ1n) is 7.73. The van der Waals surface area contributed by atoms with Crippen molar-refractivity contribution in [1.29, 1.82) is 0 Å². The van der Waals surface area contributed by atoms with Crippen LogP contribution in [0.2, 0.25) is 0 Å². The number of aryl methyl sites for hydroxylation is 1. The third-order valence-electron chi connectivity index (χ3n) is 3.03. The summed E-state index contributed by atoms with van der Waals surface area (Å²) in [4.78, 5) is 14.1. The Kier molecular flexibility index (Phi) is 9.28. The average Bonchev–Trinajstić information content (AvgIpc) is 2.94. The molecule has 23 heavy (non-hydrogen) atoms. The molecule has 0 fully saturated rings. The molecule has 2 aromatic heterocycles. The van der Waals surface area contributed by atoms with Gasteiger partial charge in [0.1, 0.15) is 0 Å². The molecule has 0 radical (unpaired) electrons. The molecular formula is C16H25NO4S2. The molecule has 0 atom stereocenters. The number of hydrogen-bond acceptors (Lipinski definition) is 7. The van der Waals surface area contributed by atoms with E-state index in [9.17, 15) is 4.79 Å². The van der Waals surface area contributed by atoms with Crippen molar-refractivity contribution in [2.45, 2.75) is 20.8 Å². The molecule has 0 aliphatic heterocycles. The number of rotatable bonds is 8. The number of fused-ring (bicyclic) bond motifs is 1. The topological polar surface area (TPSA) is 66.8 Å². The maximum absolute atomic E-state index is 12.1. The normalized spacial score (nSPS) is 10.5. The van der Waals surface area contributed by atoms with Gasteiger partial charge in [0.25, 0.3) is 0 Å². The van der Waals surface area contributed by atoms with E-state index in [0.29, 0.717) is 29.5 Å².